The van der Waals surface area contributed by atoms with Crippen molar-refractivity contribution in [2.45, 2.75) is 30.4 Å². The monoisotopic (exact) mass is 512 g/mol. The molecule has 4 N–H and O–H groups in total. The Morgan fingerprint density at radius 2 is 1.81 bits per heavy atom. The first-order chi connectivity index (χ1) is 17.1. The van der Waals surface area contributed by atoms with Crippen molar-refractivity contribution in [3.05, 3.63) is 83.4 Å². The molecule has 1 aliphatic heterocycles. The van der Waals surface area contributed by atoms with Crippen LogP contribution in [0.25, 0.3) is 0 Å². The second-order valence-electron chi connectivity index (χ2n) is 8.74. The number of nitrogens with one attached hydrogen (secondary N) is 1. The number of phenols is 1. The molecule has 0 aliphatic carbocycles. The van der Waals surface area contributed by atoms with E-state index >= 15 is 0 Å². The molecule has 4 rings (SSSR count). The fraction of sp³-hybridized carbons (Fsp3) is 0.269. The summed E-state index contributed by atoms with van der Waals surface area (Å²) in [6.07, 6.45) is -0.415. The van der Waals surface area contributed by atoms with Crippen molar-refractivity contribution in [1.29, 1.82) is 0 Å². The lowest BCUT2D eigenvalue weighted by Gasteiger charge is -2.36. The normalized spacial score (nSPS) is 16.3. The summed E-state index contributed by atoms with van der Waals surface area (Å²) in [5.41, 5.74) is 2.73. The summed E-state index contributed by atoms with van der Waals surface area (Å²) in [6.45, 7) is 1.68. The third-order valence-electron chi connectivity index (χ3n) is 6.02. The molecular formula is C26H28N2O7S. The Hall–Kier alpha value is -3.60. The number of carboxylic acid groups (broad SMARTS) is 1. The Morgan fingerprint density at radius 1 is 1.11 bits per heavy atom. The van der Waals surface area contributed by atoms with Crippen molar-refractivity contribution in [3.63, 3.8) is 0 Å². The van der Waals surface area contributed by atoms with Gasteiger partial charge < -0.3 is 25.4 Å². The van der Waals surface area contributed by atoms with Gasteiger partial charge in [0.1, 0.15) is 11.5 Å². The van der Waals surface area contributed by atoms with Crippen LogP contribution in [0.2, 0.25) is 0 Å². The Bertz CT molecular complexity index is 1330. The standard InChI is InChI=1S/C26H28N2O7S/c1-17-2-9-23(10-3-17)36(33,34)28-15-20(27-14-25(30)18-4-6-21(29)7-5-18)12-19-13-22(8-11-24(19)28)35-16-26(31)32/h2-11,13,20,25,27,29-30H,12,14-16H2,1H3,(H,31,32)/t20?,25-/m0/s1. The van der Waals surface area contributed by atoms with Gasteiger partial charge in [-0.25, -0.2) is 13.2 Å². The molecule has 0 bridgehead atoms. The summed E-state index contributed by atoms with van der Waals surface area (Å²) in [5, 5.41) is 32.2. The van der Waals surface area contributed by atoms with Crippen LogP contribution < -0.4 is 14.4 Å². The number of ether oxygens (including phenoxy) is 1. The smallest absolute Gasteiger partial charge is 0.341 e. The molecule has 9 nitrogen and oxygen atoms in total. The highest BCUT2D eigenvalue weighted by Gasteiger charge is 2.33. The van der Waals surface area contributed by atoms with Crippen molar-refractivity contribution >= 4 is 21.7 Å². The average Bonchev–Trinajstić information content (AvgIpc) is 2.86. The zero-order valence-electron chi connectivity index (χ0n) is 19.7. The van der Waals surface area contributed by atoms with Crippen molar-refractivity contribution in [2.75, 3.05) is 24.0 Å². The Balaban J connectivity index is 1.61. The zero-order valence-corrected chi connectivity index (χ0v) is 20.5. The van der Waals surface area contributed by atoms with E-state index in [4.69, 9.17) is 9.84 Å². The molecule has 0 fully saturated rings. The van der Waals surface area contributed by atoms with Crippen molar-refractivity contribution in [3.8, 4) is 11.5 Å². The molecule has 0 saturated carbocycles. The van der Waals surface area contributed by atoms with Gasteiger partial charge in [0.05, 0.1) is 23.2 Å². The molecule has 0 saturated heterocycles. The number of rotatable bonds is 9. The molecule has 1 aliphatic rings. The second kappa shape index (κ2) is 10.6. The van der Waals surface area contributed by atoms with Crippen LogP contribution in [0.4, 0.5) is 5.69 Å². The topological polar surface area (TPSA) is 136 Å². The Kier molecular flexibility index (Phi) is 7.48. The molecule has 3 aromatic carbocycles. The fourth-order valence-corrected chi connectivity index (χ4v) is 5.67. The van der Waals surface area contributed by atoms with Gasteiger partial charge in [-0.2, -0.15) is 0 Å². The highest BCUT2D eigenvalue weighted by atomic mass is 32.2. The highest BCUT2D eigenvalue weighted by Crippen LogP contribution is 2.35. The molecule has 0 aromatic heterocycles. The maximum absolute atomic E-state index is 13.6. The van der Waals surface area contributed by atoms with E-state index < -0.39 is 28.7 Å². The predicted molar refractivity (Wildman–Crippen MR) is 134 cm³/mol. The summed E-state index contributed by atoms with van der Waals surface area (Å²) < 4.78 is 33.9. The van der Waals surface area contributed by atoms with Gasteiger partial charge in [0.15, 0.2) is 6.61 Å². The number of phenolic OH excluding ortho intramolecular Hbond substituents is 1. The van der Waals surface area contributed by atoms with Gasteiger partial charge in [-0.05, 0) is 66.9 Å². The van der Waals surface area contributed by atoms with E-state index in [1.807, 2.05) is 6.92 Å². The van der Waals surface area contributed by atoms with Crippen LogP contribution in [0.5, 0.6) is 11.5 Å². The van der Waals surface area contributed by atoms with Crippen LogP contribution in [0.1, 0.15) is 22.8 Å². The molecule has 2 atom stereocenters. The first-order valence-electron chi connectivity index (χ1n) is 11.4. The van der Waals surface area contributed by atoms with Crippen LogP contribution in [-0.2, 0) is 21.2 Å². The van der Waals surface area contributed by atoms with E-state index in [1.165, 1.54) is 16.4 Å². The van der Waals surface area contributed by atoms with E-state index in [1.54, 1.807) is 54.6 Å². The zero-order chi connectivity index (χ0) is 25.9. The molecular weight excluding hydrogens is 484 g/mol. The number of aliphatic carboxylic acids is 1. The van der Waals surface area contributed by atoms with E-state index in [9.17, 15) is 23.4 Å². The minimum absolute atomic E-state index is 0.0978. The molecule has 190 valence electrons. The van der Waals surface area contributed by atoms with Crippen LogP contribution in [0.15, 0.2) is 71.6 Å². The molecule has 1 heterocycles. The van der Waals surface area contributed by atoms with Gasteiger partial charge in [-0.1, -0.05) is 29.8 Å². The van der Waals surface area contributed by atoms with Crippen LogP contribution >= 0.6 is 0 Å². The molecule has 36 heavy (non-hydrogen) atoms. The number of carboxylic acids is 1. The van der Waals surface area contributed by atoms with Gasteiger partial charge in [0.25, 0.3) is 10.0 Å². The maximum atomic E-state index is 13.6. The summed E-state index contributed by atoms with van der Waals surface area (Å²) in [7, 11) is -3.89. The lowest BCUT2D eigenvalue weighted by molar-refractivity contribution is -0.139. The highest BCUT2D eigenvalue weighted by molar-refractivity contribution is 7.92. The molecule has 10 heteroatoms. The number of aromatic hydroxyl groups is 1. The first kappa shape index (κ1) is 25.5. The van der Waals surface area contributed by atoms with E-state index in [0.29, 0.717) is 29.0 Å². The summed E-state index contributed by atoms with van der Waals surface area (Å²) in [6, 6.07) is 17.3. The second-order valence-corrected chi connectivity index (χ2v) is 10.6. The number of sulfonamides is 1. The van der Waals surface area contributed by atoms with Gasteiger partial charge in [0, 0.05) is 12.6 Å². The van der Waals surface area contributed by atoms with E-state index in [2.05, 4.69) is 5.32 Å². The summed E-state index contributed by atoms with van der Waals surface area (Å²) in [5.74, 6) is -0.687. The van der Waals surface area contributed by atoms with Gasteiger partial charge in [0.2, 0.25) is 0 Å². The fourth-order valence-electron chi connectivity index (χ4n) is 4.13. The number of fused-ring (bicyclic) bond motifs is 1. The van der Waals surface area contributed by atoms with Gasteiger partial charge in [-0.3, -0.25) is 4.31 Å². The number of hydrogen-bond donors (Lipinski definition) is 4. The summed E-state index contributed by atoms with van der Waals surface area (Å²) in [4.78, 5) is 11.1. The average molecular weight is 513 g/mol. The number of aliphatic hydroxyl groups excluding tert-OH is 1. The summed E-state index contributed by atoms with van der Waals surface area (Å²) >= 11 is 0. The minimum atomic E-state index is -3.89. The first-order valence-corrected chi connectivity index (χ1v) is 12.8. The van der Waals surface area contributed by atoms with E-state index in [-0.39, 0.29) is 29.8 Å². The van der Waals surface area contributed by atoms with Crippen molar-refractivity contribution in [2.24, 2.45) is 0 Å². The SMILES string of the molecule is Cc1ccc(S(=O)(=O)N2CC(NC[C@H](O)c3ccc(O)cc3)Cc3cc(OCC(=O)O)ccc32)cc1. The minimum Gasteiger partial charge on any atom is -0.508 e. The number of carbonyl (C=O) groups is 1. The van der Waals surface area contributed by atoms with Crippen molar-refractivity contribution in [1.82, 2.24) is 5.32 Å². The number of aryl methyl sites for hydroxylation is 1. The van der Waals surface area contributed by atoms with Crippen LogP contribution in [0, 0.1) is 6.92 Å². The van der Waals surface area contributed by atoms with Crippen LogP contribution in [0.3, 0.4) is 0 Å². The molecule has 0 amide bonds. The Morgan fingerprint density at radius 3 is 2.47 bits per heavy atom. The molecule has 1 unspecified atom stereocenters. The number of aliphatic hydroxyl groups is 1. The third kappa shape index (κ3) is 5.78. The lowest BCUT2D eigenvalue weighted by Crippen LogP contribution is -2.49. The predicted octanol–water partition coefficient (Wildman–Crippen LogP) is 2.61. The number of nitrogens with zero attached hydrogens (tertiary/aromatic N) is 1. The lowest BCUT2D eigenvalue weighted by atomic mass is 9.98. The van der Waals surface area contributed by atoms with Gasteiger partial charge in [-0.15, -0.1) is 0 Å². The molecule has 0 radical (unpaired) electrons. The van der Waals surface area contributed by atoms with Crippen LogP contribution in [-0.4, -0.2) is 55.4 Å². The Labute approximate surface area is 209 Å². The molecule has 0 spiro atoms. The van der Waals surface area contributed by atoms with E-state index in [0.717, 1.165) is 5.56 Å². The van der Waals surface area contributed by atoms with Crippen molar-refractivity contribution < 1.29 is 33.3 Å². The molecule has 3 aromatic rings. The third-order valence-corrected chi connectivity index (χ3v) is 7.82. The largest absolute Gasteiger partial charge is 0.508 e. The van der Waals surface area contributed by atoms with Gasteiger partial charge >= 0.3 is 5.97 Å². The number of hydrogen-bond acceptors (Lipinski definition) is 7. The maximum Gasteiger partial charge on any atom is 0.341 e. The quantitative estimate of drug-likeness (QED) is 0.344. The number of benzene rings is 3. The number of anilines is 1.